The zero-order valence-corrected chi connectivity index (χ0v) is 28.1. The first-order valence-electron chi connectivity index (χ1n) is 16.5. The van der Waals surface area contributed by atoms with Gasteiger partial charge in [-0.05, 0) is 36.9 Å². The molecule has 0 bridgehead atoms. The van der Waals surface area contributed by atoms with Crippen LogP contribution in [-0.2, 0) is 46.4 Å². The third-order valence-corrected chi connectivity index (χ3v) is 8.02. The number of rotatable bonds is 24. The first-order valence-corrected chi connectivity index (χ1v) is 16.5. The highest BCUT2D eigenvalue weighted by Gasteiger charge is 2.32. The number of amides is 5. The number of carbonyl (C=O) groups is 7. The van der Waals surface area contributed by atoms with Crippen molar-refractivity contribution in [2.45, 2.75) is 82.0 Å². The van der Waals surface area contributed by atoms with Crippen molar-refractivity contribution in [2.24, 2.45) is 28.9 Å². The summed E-state index contributed by atoms with van der Waals surface area (Å²) >= 11 is 0. The highest BCUT2D eigenvalue weighted by molar-refractivity contribution is 5.97. The van der Waals surface area contributed by atoms with Crippen molar-refractivity contribution < 1.29 is 38.7 Å². The van der Waals surface area contributed by atoms with E-state index in [0.717, 1.165) is 11.1 Å². The second-order valence-corrected chi connectivity index (χ2v) is 12.1. The van der Waals surface area contributed by atoms with Crippen LogP contribution in [-0.4, -0.2) is 83.5 Å². The molecule has 0 spiro atoms. The Labute approximate surface area is 291 Å². The van der Waals surface area contributed by atoms with Gasteiger partial charge in [-0.25, -0.2) is 0 Å². The highest BCUT2D eigenvalue weighted by atomic mass is 16.3. The molecule has 5 atom stereocenters. The molecule has 0 fully saturated rings. The Bertz CT molecular complexity index is 1440. The van der Waals surface area contributed by atoms with Gasteiger partial charge < -0.3 is 44.0 Å². The van der Waals surface area contributed by atoms with Gasteiger partial charge >= 0.3 is 0 Å². The number of nitrogens with two attached hydrogens (primary N) is 4. The van der Waals surface area contributed by atoms with Gasteiger partial charge in [-0.3, -0.25) is 33.6 Å². The molecule has 0 aromatic heterocycles. The molecule has 0 saturated heterocycles. The van der Waals surface area contributed by atoms with E-state index in [9.17, 15) is 38.7 Å². The second-order valence-electron chi connectivity index (χ2n) is 12.1. The van der Waals surface area contributed by atoms with Crippen LogP contribution in [0.25, 0.3) is 0 Å². The lowest BCUT2D eigenvalue weighted by molar-refractivity contribution is -0.135. The van der Waals surface area contributed by atoms with Gasteiger partial charge in [0.25, 0.3) is 0 Å². The molecule has 0 aliphatic carbocycles. The van der Waals surface area contributed by atoms with Crippen LogP contribution in [0.2, 0.25) is 0 Å². The molecule has 0 radical (unpaired) electrons. The van der Waals surface area contributed by atoms with Gasteiger partial charge in [-0.1, -0.05) is 67.1 Å². The van der Waals surface area contributed by atoms with E-state index in [4.69, 9.17) is 22.9 Å². The van der Waals surface area contributed by atoms with Gasteiger partial charge in [-0.15, -0.1) is 0 Å². The molecular formula is C35H49N7O8. The van der Waals surface area contributed by atoms with Crippen molar-refractivity contribution in [3.05, 3.63) is 71.8 Å². The number of hydrogen-bond donors (Lipinski definition) is 8. The van der Waals surface area contributed by atoms with Gasteiger partial charge in [0.15, 0.2) is 11.6 Å². The summed E-state index contributed by atoms with van der Waals surface area (Å²) in [5.41, 5.74) is 23.6. The molecule has 0 heterocycles. The zero-order chi connectivity index (χ0) is 37.1. The Kier molecular flexibility index (Phi) is 18.0. The number of hydrogen-bond acceptors (Lipinski definition) is 10. The van der Waals surface area contributed by atoms with Crippen molar-refractivity contribution in [2.75, 3.05) is 13.2 Å². The number of carbonyl (C=O) groups excluding carboxylic acids is 7. The number of aliphatic hydroxyl groups is 1. The first-order chi connectivity index (χ1) is 23.8. The molecule has 2 rings (SSSR count). The molecule has 2 aromatic rings. The number of primary amides is 2. The normalized spacial score (nSPS) is 13.9. The zero-order valence-electron chi connectivity index (χ0n) is 28.1. The van der Waals surface area contributed by atoms with Crippen molar-refractivity contribution >= 4 is 41.1 Å². The van der Waals surface area contributed by atoms with Crippen LogP contribution in [0.5, 0.6) is 0 Å². The summed E-state index contributed by atoms with van der Waals surface area (Å²) in [6.45, 7) is -0.306. The first kappa shape index (κ1) is 41.2. The van der Waals surface area contributed by atoms with Gasteiger partial charge in [0, 0.05) is 31.6 Å². The van der Waals surface area contributed by atoms with E-state index >= 15 is 0 Å². The minimum atomic E-state index is -1.39. The fourth-order valence-corrected chi connectivity index (χ4v) is 5.19. The summed E-state index contributed by atoms with van der Waals surface area (Å²) in [7, 11) is 0. The third-order valence-electron chi connectivity index (χ3n) is 8.02. The predicted octanol–water partition coefficient (Wildman–Crippen LogP) is -1.34. The number of benzene rings is 2. The van der Waals surface area contributed by atoms with E-state index in [1.807, 2.05) is 0 Å². The highest BCUT2D eigenvalue weighted by Crippen LogP contribution is 2.18. The third kappa shape index (κ3) is 15.1. The Morgan fingerprint density at radius 3 is 1.74 bits per heavy atom. The minimum Gasteiger partial charge on any atom is -0.394 e. The molecule has 0 unspecified atom stereocenters. The number of unbranched alkanes of at least 4 members (excludes halogenated alkanes) is 1. The van der Waals surface area contributed by atoms with E-state index in [1.165, 1.54) is 0 Å². The van der Waals surface area contributed by atoms with Gasteiger partial charge in [0.1, 0.15) is 12.1 Å². The molecule has 50 heavy (non-hydrogen) atoms. The minimum absolute atomic E-state index is 0.0908. The predicted molar refractivity (Wildman–Crippen MR) is 184 cm³/mol. The van der Waals surface area contributed by atoms with E-state index in [-0.39, 0.29) is 32.1 Å². The summed E-state index contributed by atoms with van der Waals surface area (Å²) in [6, 6.07) is 13.0. The summed E-state index contributed by atoms with van der Waals surface area (Å²) < 4.78 is 0. The van der Waals surface area contributed by atoms with E-state index in [0.29, 0.717) is 19.4 Å². The number of Topliss-reactive ketones (excluding diaryl/α,β-unsaturated/α-hetero) is 2. The number of aliphatic hydroxyl groups excluding tert-OH is 1. The Morgan fingerprint density at radius 1 is 0.660 bits per heavy atom. The van der Waals surface area contributed by atoms with E-state index in [2.05, 4.69) is 16.0 Å². The monoisotopic (exact) mass is 695 g/mol. The Hall–Kier alpha value is -4.99. The summed E-state index contributed by atoms with van der Waals surface area (Å²) in [5, 5.41) is 16.9. The summed E-state index contributed by atoms with van der Waals surface area (Å²) in [6.07, 6.45) is -0.206. The fraction of sp³-hybridized carbons (Fsp3) is 0.457. The average Bonchev–Trinajstić information content (AvgIpc) is 3.09. The molecule has 0 saturated carbocycles. The van der Waals surface area contributed by atoms with Gasteiger partial charge in [0.05, 0.1) is 25.1 Å². The number of nitrogens with one attached hydrogen (secondary N) is 3. The largest absolute Gasteiger partial charge is 0.394 e. The lowest BCUT2D eigenvalue weighted by atomic mass is 9.90. The molecule has 15 nitrogen and oxygen atoms in total. The van der Waals surface area contributed by atoms with Crippen LogP contribution in [0, 0.1) is 5.92 Å². The second kappa shape index (κ2) is 21.9. The lowest BCUT2D eigenvalue weighted by Gasteiger charge is -2.24. The maximum Gasteiger partial charge on any atom is 0.240 e. The molecule has 0 aliphatic heterocycles. The Balaban J connectivity index is 2.16. The molecule has 272 valence electrons. The average molecular weight is 696 g/mol. The van der Waals surface area contributed by atoms with Crippen molar-refractivity contribution in [1.82, 2.24) is 16.0 Å². The van der Waals surface area contributed by atoms with E-state index in [1.54, 1.807) is 60.7 Å². The van der Waals surface area contributed by atoms with E-state index < -0.39 is 90.6 Å². The standard InChI is InChI=1S/C35H49N7O8/c36-16-8-7-13-24(19-30(45)26(42-35(50)25(37)21-43)17-22-9-3-1-4-10-22)34(49)41-27(20-31(38)46)29(44)14-15-32(47)40-28(33(39)48)18-23-11-5-2-6-12-23/h1-6,9-12,24-28,43H,7-8,13-21,36-37H2,(H2,38,46)(H2,39,48)(H,40,47)(H,41,49)(H,42,50)/t24-,25+,26+,27+,28+/m1/s1. The topological polar surface area (TPSA) is 280 Å². The van der Waals surface area contributed by atoms with Gasteiger partial charge in [-0.2, -0.15) is 0 Å². The van der Waals surface area contributed by atoms with Crippen molar-refractivity contribution in [3.8, 4) is 0 Å². The Morgan fingerprint density at radius 2 is 1.22 bits per heavy atom. The van der Waals surface area contributed by atoms with Crippen LogP contribution < -0.4 is 38.9 Å². The maximum atomic E-state index is 13.6. The van der Waals surface area contributed by atoms with Crippen LogP contribution in [0.15, 0.2) is 60.7 Å². The van der Waals surface area contributed by atoms with Crippen LogP contribution >= 0.6 is 0 Å². The van der Waals surface area contributed by atoms with Gasteiger partial charge in [0.2, 0.25) is 29.5 Å². The molecule has 15 heteroatoms. The van der Waals surface area contributed by atoms with Crippen LogP contribution in [0.1, 0.15) is 56.1 Å². The number of ketones is 2. The molecule has 2 aromatic carbocycles. The SMILES string of the molecule is NCCCC[C@H](CC(=O)[C@H](Cc1ccccc1)NC(=O)[C@@H](N)CO)C(=O)N[C@@H](CC(N)=O)C(=O)CCC(=O)N[C@@H](Cc1ccccc1)C(N)=O. The molecular weight excluding hydrogens is 646 g/mol. The fourth-order valence-electron chi connectivity index (χ4n) is 5.19. The molecule has 0 aliphatic rings. The summed E-state index contributed by atoms with van der Waals surface area (Å²) in [5.74, 6) is -5.86. The van der Waals surface area contributed by atoms with Crippen molar-refractivity contribution in [1.29, 1.82) is 0 Å². The van der Waals surface area contributed by atoms with Crippen molar-refractivity contribution in [3.63, 3.8) is 0 Å². The smallest absolute Gasteiger partial charge is 0.240 e. The quantitative estimate of drug-likeness (QED) is 0.0598. The molecule has 12 N–H and O–H groups in total. The maximum absolute atomic E-state index is 13.6. The summed E-state index contributed by atoms with van der Waals surface area (Å²) in [4.78, 5) is 89.5. The van der Waals surface area contributed by atoms with Crippen LogP contribution in [0.3, 0.4) is 0 Å². The molecule has 5 amide bonds. The lowest BCUT2D eigenvalue weighted by Crippen LogP contribution is -2.51. The van der Waals surface area contributed by atoms with Crippen LogP contribution in [0.4, 0.5) is 0 Å².